The standard InChI is InChI=1S/C12H10BrFN2OS/c1-16(6-11-3-9(13)7-18-11)12(17)8-2-10(14)5-15-4-8/h2-5,7H,6H2,1H3. The summed E-state index contributed by atoms with van der Waals surface area (Å²) in [5.74, 6) is -0.750. The number of rotatable bonds is 3. The largest absolute Gasteiger partial charge is 0.337 e. The molecule has 0 bridgehead atoms. The Morgan fingerprint density at radius 1 is 1.50 bits per heavy atom. The summed E-state index contributed by atoms with van der Waals surface area (Å²) >= 11 is 4.92. The average Bonchev–Trinajstić information content (AvgIpc) is 2.73. The molecule has 0 saturated heterocycles. The van der Waals surface area contributed by atoms with Crippen LogP contribution in [0.5, 0.6) is 0 Å². The van der Waals surface area contributed by atoms with E-state index < -0.39 is 5.82 Å². The molecule has 0 spiro atoms. The third-order valence-corrected chi connectivity index (χ3v) is 4.00. The van der Waals surface area contributed by atoms with Gasteiger partial charge in [-0.2, -0.15) is 0 Å². The molecule has 3 nitrogen and oxygen atoms in total. The maximum atomic E-state index is 13.0. The fourth-order valence-electron chi connectivity index (χ4n) is 1.49. The zero-order valence-corrected chi connectivity index (χ0v) is 12.0. The van der Waals surface area contributed by atoms with Crippen molar-refractivity contribution >= 4 is 33.2 Å². The van der Waals surface area contributed by atoms with E-state index in [0.29, 0.717) is 6.54 Å². The molecule has 0 N–H and O–H groups in total. The summed E-state index contributed by atoms with van der Waals surface area (Å²) in [6.07, 6.45) is 2.44. The first-order chi connectivity index (χ1) is 8.56. The highest BCUT2D eigenvalue weighted by Gasteiger charge is 2.13. The molecule has 0 unspecified atom stereocenters. The van der Waals surface area contributed by atoms with Crippen molar-refractivity contribution < 1.29 is 9.18 Å². The first-order valence-corrected chi connectivity index (χ1v) is 6.82. The number of carbonyl (C=O) groups excluding carboxylic acids is 1. The third-order valence-electron chi connectivity index (χ3n) is 2.31. The number of hydrogen-bond donors (Lipinski definition) is 0. The molecule has 0 aliphatic rings. The highest BCUT2D eigenvalue weighted by Crippen LogP contribution is 2.21. The molecule has 6 heteroatoms. The van der Waals surface area contributed by atoms with Gasteiger partial charge in [0.05, 0.1) is 18.3 Å². The lowest BCUT2D eigenvalue weighted by Gasteiger charge is -2.15. The SMILES string of the molecule is CN(Cc1cc(Br)cs1)C(=O)c1cncc(F)c1. The number of halogens is 2. The summed E-state index contributed by atoms with van der Waals surface area (Å²) in [7, 11) is 1.68. The van der Waals surface area contributed by atoms with Gasteiger partial charge in [0.25, 0.3) is 5.91 Å². The molecule has 0 atom stereocenters. The van der Waals surface area contributed by atoms with Gasteiger partial charge in [-0.05, 0) is 28.1 Å². The van der Waals surface area contributed by atoms with Crippen LogP contribution in [0.25, 0.3) is 0 Å². The van der Waals surface area contributed by atoms with Crippen LogP contribution >= 0.6 is 27.3 Å². The molecule has 0 aromatic carbocycles. The van der Waals surface area contributed by atoms with Gasteiger partial charge >= 0.3 is 0 Å². The van der Waals surface area contributed by atoms with Gasteiger partial charge < -0.3 is 4.90 Å². The summed E-state index contributed by atoms with van der Waals surface area (Å²) in [5, 5.41) is 1.96. The Bertz CT molecular complexity index is 573. The summed E-state index contributed by atoms with van der Waals surface area (Å²) in [6, 6.07) is 3.15. The Morgan fingerprint density at radius 3 is 2.89 bits per heavy atom. The van der Waals surface area contributed by atoms with Crippen LogP contribution in [0.2, 0.25) is 0 Å². The molecular formula is C12H10BrFN2OS. The number of aromatic nitrogens is 1. The second kappa shape index (κ2) is 5.58. The minimum atomic E-state index is -0.506. The zero-order valence-electron chi connectivity index (χ0n) is 9.56. The Balaban J connectivity index is 2.09. The number of thiophene rings is 1. The van der Waals surface area contributed by atoms with E-state index in [1.807, 2.05) is 11.4 Å². The van der Waals surface area contributed by atoms with Crippen LogP contribution in [0.3, 0.4) is 0 Å². The van der Waals surface area contributed by atoms with Crippen LogP contribution in [-0.2, 0) is 6.54 Å². The van der Waals surface area contributed by atoms with Crippen LogP contribution in [0.4, 0.5) is 4.39 Å². The minimum absolute atomic E-state index is 0.244. The van der Waals surface area contributed by atoms with Crippen molar-refractivity contribution in [3.8, 4) is 0 Å². The highest BCUT2D eigenvalue weighted by atomic mass is 79.9. The lowest BCUT2D eigenvalue weighted by molar-refractivity contribution is 0.0785. The summed E-state index contributed by atoms with van der Waals surface area (Å²) < 4.78 is 14.0. The number of pyridine rings is 1. The maximum Gasteiger partial charge on any atom is 0.255 e. The normalized spacial score (nSPS) is 10.4. The quantitative estimate of drug-likeness (QED) is 0.865. The lowest BCUT2D eigenvalue weighted by Crippen LogP contribution is -2.26. The van der Waals surface area contributed by atoms with Crippen molar-refractivity contribution in [1.29, 1.82) is 0 Å². The second-order valence-corrected chi connectivity index (χ2v) is 5.70. The molecule has 2 aromatic heterocycles. The van der Waals surface area contributed by atoms with E-state index in [1.165, 1.54) is 17.2 Å². The van der Waals surface area contributed by atoms with E-state index in [-0.39, 0.29) is 11.5 Å². The maximum absolute atomic E-state index is 13.0. The predicted molar refractivity (Wildman–Crippen MR) is 72.0 cm³/mol. The van der Waals surface area contributed by atoms with E-state index >= 15 is 0 Å². The molecular weight excluding hydrogens is 319 g/mol. The summed E-state index contributed by atoms with van der Waals surface area (Å²) in [6.45, 7) is 0.492. The molecule has 0 radical (unpaired) electrons. The second-order valence-electron chi connectivity index (χ2n) is 3.78. The Kier molecular flexibility index (Phi) is 4.08. The lowest BCUT2D eigenvalue weighted by atomic mass is 10.2. The molecule has 0 aliphatic heterocycles. The molecule has 0 fully saturated rings. The van der Waals surface area contributed by atoms with Crippen molar-refractivity contribution in [2.75, 3.05) is 7.05 Å². The summed E-state index contributed by atoms with van der Waals surface area (Å²) in [5.41, 5.74) is 0.258. The van der Waals surface area contributed by atoms with Crippen molar-refractivity contribution in [3.05, 3.63) is 50.6 Å². The van der Waals surface area contributed by atoms with Crippen molar-refractivity contribution in [3.63, 3.8) is 0 Å². The van der Waals surface area contributed by atoms with Crippen molar-refractivity contribution in [1.82, 2.24) is 9.88 Å². The smallest absolute Gasteiger partial charge is 0.255 e. The molecule has 2 rings (SSSR count). The number of amides is 1. The van der Waals surface area contributed by atoms with E-state index in [0.717, 1.165) is 15.5 Å². The van der Waals surface area contributed by atoms with Gasteiger partial charge in [-0.3, -0.25) is 9.78 Å². The van der Waals surface area contributed by atoms with Crippen molar-refractivity contribution in [2.45, 2.75) is 6.54 Å². The molecule has 2 aromatic rings. The van der Waals surface area contributed by atoms with E-state index in [4.69, 9.17) is 0 Å². The van der Waals surface area contributed by atoms with E-state index in [2.05, 4.69) is 20.9 Å². The van der Waals surface area contributed by atoms with E-state index in [1.54, 1.807) is 18.4 Å². The molecule has 2 heterocycles. The van der Waals surface area contributed by atoms with Gasteiger partial charge in [0.15, 0.2) is 0 Å². The number of carbonyl (C=O) groups is 1. The number of nitrogens with zero attached hydrogens (tertiary/aromatic N) is 2. The van der Waals surface area contributed by atoms with Crippen LogP contribution in [0.1, 0.15) is 15.2 Å². The van der Waals surface area contributed by atoms with Gasteiger partial charge in [0.2, 0.25) is 0 Å². The van der Waals surface area contributed by atoms with Gasteiger partial charge in [0, 0.05) is 28.0 Å². The van der Waals surface area contributed by atoms with Gasteiger partial charge in [0.1, 0.15) is 5.82 Å². The summed E-state index contributed by atoms with van der Waals surface area (Å²) in [4.78, 5) is 18.3. The van der Waals surface area contributed by atoms with Crippen LogP contribution < -0.4 is 0 Å². The Morgan fingerprint density at radius 2 is 2.28 bits per heavy atom. The minimum Gasteiger partial charge on any atom is -0.337 e. The van der Waals surface area contributed by atoms with Crippen LogP contribution in [0.15, 0.2) is 34.4 Å². The Labute approximate surface area is 116 Å². The fraction of sp³-hybridized carbons (Fsp3) is 0.167. The van der Waals surface area contributed by atoms with Gasteiger partial charge in [-0.1, -0.05) is 0 Å². The topological polar surface area (TPSA) is 33.2 Å². The molecule has 94 valence electrons. The van der Waals surface area contributed by atoms with Crippen LogP contribution in [-0.4, -0.2) is 22.8 Å². The van der Waals surface area contributed by atoms with Gasteiger partial charge in [-0.15, -0.1) is 11.3 Å². The average molecular weight is 329 g/mol. The third kappa shape index (κ3) is 3.14. The molecule has 0 saturated carbocycles. The number of hydrogen-bond acceptors (Lipinski definition) is 3. The first-order valence-electron chi connectivity index (χ1n) is 5.15. The first kappa shape index (κ1) is 13.2. The molecule has 0 aliphatic carbocycles. The molecule has 1 amide bonds. The monoisotopic (exact) mass is 328 g/mol. The predicted octanol–water partition coefficient (Wildman–Crippen LogP) is 3.32. The van der Waals surface area contributed by atoms with Gasteiger partial charge in [-0.25, -0.2) is 4.39 Å². The van der Waals surface area contributed by atoms with Crippen LogP contribution in [0, 0.1) is 5.82 Å². The Hall–Kier alpha value is -1.27. The van der Waals surface area contributed by atoms with E-state index in [9.17, 15) is 9.18 Å². The zero-order chi connectivity index (χ0) is 13.1. The highest BCUT2D eigenvalue weighted by molar-refractivity contribution is 9.10. The fourth-order valence-corrected chi connectivity index (χ4v) is 2.99. The molecule has 18 heavy (non-hydrogen) atoms. The van der Waals surface area contributed by atoms with Crippen molar-refractivity contribution in [2.24, 2.45) is 0 Å².